The van der Waals surface area contributed by atoms with Crippen molar-refractivity contribution >= 4 is 11.9 Å². The highest BCUT2D eigenvalue weighted by atomic mass is 16.5. The third-order valence-electron chi connectivity index (χ3n) is 2.77. The number of rotatable bonds is 8. The van der Waals surface area contributed by atoms with E-state index in [-0.39, 0.29) is 18.6 Å². The Kier molecular flexibility index (Phi) is 6.27. The van der Waals surface area contributed by atoms with Crippen LogP contribution in [-0.2, 0) is 0 Å². The van der Waals surface area contributed by atoms with Crippen molar-refractivity contribution in [1.29, 1.82) is 0 Å². The van der Waals surface area contributed by atoms with Crippen LogP contribution in [0, 0.1) is 5.92 Å². The van der Waals surface area contributed by atoms with E-state index in [2.05, 4.69) is 25.6 Å². The van der Waals surface area contributed by atoms with Crippen molar-refractivity contribution < 1.29 is 9.84 Å². The average Bonchev–Trinajstić information content (AvgIpc) is 2.43. The fraction of sp³-hybridized carbons (Fsp3) is 0.750. The van der Waals surface area contributed by atoms with Gasteiger partial charge in [0.15, 0.2) is 0 Å². The number of hydrogen-bond donors (Lipinski definition) is 3. The van der Waals surface area contributed by atoms with Crippen LogP contribution in [0.3, 0.4) is 0 Å². The molecule has 1 aromatic rings. The van der Waals surface area contributed by atoms with E-state index in [1.54, 1.807) is 7.05 Å². The highest BCUT2D eigenvalue weighted by Crippen LogP contribution is 2.14. The van der Waals surface area contributed by atoms with Crippen LogP contribution in [0.25, 0.3) is 0 Å². The second-order valence-electron chi connectivity index (χ2n) is 4.46. The number of nitrogens with zero attached hydrogens (tertiary/aromatic N) is 3. The summed E-state index contributed by atoms with van der Waals surface area (Å²) in [5.74, 6) is 1.00. The quantitative estimate of drug-likeness (QED) is 0.651. The molecule has 2 unspecified atom stereocenters. The molecule has 1 heterocycles. The van der Waals surface area contributed by atoms with Crippen LogP contribution in [0.1, 0.15) is 27.2 Å². The molecule has 0 saturated carbocycles. The molecule has 3 N–H and O–H groups in total. The molecule has 7 nitrogen and oxygen atoms in total. The molecule has 0 spiro atoms. The molecule has 0 aromatic carbocycles. The zero-order chi connectivity index (χ0) is 14.3. The Balaban J connectivity index is 2.81. The van der Waals surface area contributed by atoms with Crippen molar-refractivity contribution in [1.82, 2.24) is 15.0 Å². The van der Waals surface area contributed by atoms with Gasteiger partial charge in [-0.25, -0.2) is 0 Å². The fourth-order valence-electron chi connectivity index (χ4n) is 1.29. The number of aliphatic hydroxyl groups is 1. The topological polar surface area (TPSA) is 92.2 Å². The summed E-state index contributed by atoms with van der Waals surface area (Å²) in [5, 5.41) is 15.1. The van der Waals surface area contributed by atoms with Gasteiger partial charge in [0.1, 0.15) is 0 Å². The molecule has 2 atom stereocenters. The molecule has 1 rings (SSSR count). The van der Waals surface area contributed by atoms with Crippen LogP contribution in [-0.4, -0.2) is 46.4 Å². The van der Waals surface area contributed by atoms with Crippen molar-refractivity contribution in [2.75, 3.05) is 30.9 Å². The van der Waals surface area contributed by atoms with Gasteiger partial charge in [-0.3, -0.25) is 0 Å². The standard InChI is InChI=1S/C12H23N5O2/c1-5-6-19-12-16-10(13-4)15-11(17-12)14-9(3)8(2)7-18/h8-9,18H,5-7H2,1-4H3,(H2,13,14,15,16,17). The normalized spacial score (nSPS) is 13.7. The molecule has 7 heteroatoms. The Hall–Kier alpha value is -1.63. The van der Waals surface area contributed by atoms with Gasteiger partial charge in [0.2, 0.25) is 11.9 Å². The molecule has 0 bridgehead atoms. The van der Waals surface area contributed by atoms with Crippen molar-refractivity contribution in [2.45, 2.75) is 33.2 Å². The number of hydrogen-bond acceptors (Lipinski definition) is 7. The molecule has 0 radical (unpaired) electrons. The molecule has 0 aliphatic rings. The molecule has 0 amide bonds. The molecule has 1 aromatic heterocycles. The first-order chi connectivity index (χ1) is 9.10. The molecule has 0 fully saturated rings. The fourth-order valence-corrected chi connectivity index (χ4v) is 1.29. The zero-order valence-electron chi connectivity index (χ0n) is 12.0. The highest BCUT2D eigenvalue weighted by molar-refractivity contribution is 5.36. The maximum absolute atomic E-state index is 9.12. The van der Waals surface area contributed by atoms with E-state index < -0.39 is 0 Å². The smallest absolute Gasteiger partial charge is 0.323 e. The van der Waals surface area contributed by atoms with Crippen molar-refractivity contribution in [3.8, 4) is 6.01 Å². The molecular formula is C12H23N5O2. The first-order valence-corrected chi connectivity index (χ1v) is 6.54. The Labute approximate surface area is 113 Å². The van der Waals surface area contributed by atoms with Crippen LogP contribution in [0.5, 0.6) is 6.01 Å². The minimum atomic E-state index is 0.0520. The molecule has 108 valence electrons. The van der Waals surface area contributed by atoms with Gasteiger partial charge in [-0.1, -0.05) is 13.8 Å². The van der Waals surface area contributed by atoms with Gasteiger partial charge < -0.3 is 20.5 Å². The molecule has 0 aliphatic heterocycles. The van der Waals surface area contributed by atoms with Crippen LogP contribution in [0.4, 0.5) is 11.9 Å². The van der Waals surface area contributed by atoms with E-state index in [0.717, 1.165) is 6.42 Å². The van der Waals surface area contributed by atoms with Crippen LogP contribution in [0.2, 0.25) is 0 Å². The van der Waals surface area contributed by atoms with Gasteiger partial charge in [0.25, 0.3) is 0 Å². The molecule has 0 saturated heterocycles. The number of anilines is 2. The largest absolute Gasteiger partial charge is 0.463 e. The van der Waals surface area contributed by atoms with E-state index in [1.807, 2.05) is 20.8 Å². The van der Waals surface area contributed by atoms with Crippen molar-refractivity contribution in [2.24, 2.45) is 5.92 Å². The third kappa shape index (κ3) is 4.86. The maximum Gasteiger partial charge on any atom is 0.323 e. The van der Waals surface area contributed by atoms with Crippen LogP contribution in [0.15, 0.2) is 0 Å². The van der Waals surface area contributed by atoms with Gasteiger partial charge in [-0.15, -0.1) is 0 Å². The summed E-state index contributed by atoms with van der Waals surface area (Å²) in [4.78, 5) is 12.5. The highest BCUT2D eigenvalue weighted by Gasteiger charge is 2.14. The molecular weight excluding hydrogens is 246 g/mol. The van der Waals surface area contributed by atoms with E-state index in [9.17, 15) is 0 Å². The van der Waals surface area contributed by atoms with Crippen LogP contribution < -0.4 is 15.4 Å². The monoisotopic (exact) mass is 269 g/mol. The van der Waals surface area contributed by atoms with Crippen molar-refractivity contribution in [3.63, 3.8) is 0 Å². The summed E-state index contributed by atoms with van der Waals surface area (Å²) in [6.45, 7) is 6.61. The summed E-state index contributed by atoms with van der Waals surface area (Å²) >= 11 is 0. The number of ether oxygens (including phenoxy) is 1. The van der Waals surface area contributed by atoms with E-state index in [1.165, 1.54) is 0 Å². The first kappa shape index (κ1) is 15.4. The third-order valence-corrected chi connectivity index (χ3v) is 2.77. The predicted octanol–water partition coefficient (Wildman–Crippen LogP) is 1.13. The van der Waals surface area contributed by atoms with Crippen LogP contribution >= 0.6 is 0 Å². The summed E-state index contributed by atoms with van der Waals surface area (Å²) in [5.41, 5.74) is 0. The van der Waals surface area contributed by atoms with E-state index >= 15 is 0 Å². The zero-order valence-corrected chi connectivity index (χ0v) is 12.0. The van der Waals surface area contributed by atoms with Gasteiger partial charge >= 0.3 is 6.01 Å². The minimum absolute atomic E-state index is 0.0520. The van der Waals surface area contributed by atoms with Crippen molar-refractivity contribution in [3.05, 3.63) is 0 Å². The molecule has 0 aliphatic carbocycles. The first-order valence-electron chi connectivity index (χ1n) is 6.54. The van der Waals surface area contributed by atoms with E-state index in [0.29, 0.717) is 24.5 Å². The second kappa shape index (κ2) is 7.73. The van der Waals surface area contributed by atoms with Gasteiger partial charge in [0, 0.05) is 19.7 Å². The Bertz CT molecular complexity index is 388. The summed E-state index contributed by atoms with van der Waals surface area (Å²) in [6, 6.07) is 0.351. The van der Waals surface area contributed by atoms with E-state index in [4.69, 9.17) is 9.84 Å². The lowest BCUT2D eigenvalue weighted by atomic mass is 10.1. The van der Waals surface area contributed by atoms with Gasteiger partial charge in [-0.05, 0) is 19.3 Å². The summed E-state index contributed by atoms with van der Waals surface area (Å²) in [7, 11) is 1.74. The minimum Gasteiger partial charge on any atom is -0.463 e. The lowest BCUT2D eigenvalue weighted by Gasteiger charge is -2.19. The maximum atomic E-state index is 9.12. The lowest BCUT2D eigenvalue weighted by molar-refractivity contribution is 0.226. The Morgan fingerprint density at radius 3 is 2.47 bits per heavy atom. The SMILES string of the molecule is CCCOc1nc(NC)nc(NC(C)C(C)CO)n1. The van der Waals surface area contributed by atoms with Gasteiger partial charge in [0.05, 0.1) is 6.61 Å². The number of aliphatic hydroxyl groups excluding tert-OH is 1. The summed E-state index contributed by atoms with van der Waals surface area (Å²) in [6.07, 6.45) is 0.890. The summed E-state index contributed by atoms with van der Waals surface area (Å²) < 4.78 is 5.42. The Morgan fingerprint density at radius 1 is 1.21 bits per heavy atom. The van der Waals surface area contributed by atoms with Gasteiger partial charge in [-0.2, -0.15) is 15.0 Å². The Morgan fingerprint density at radius 2 is 1.89 bits per heavy atom. The number of aromatic nitrogens is 3. The molecule has 19 heavy (non-hydrogen) atoms. The average molecular weight is 269 g/mol. The number of nitrogens with one attached hydrogen (secondary N) is 2. The predicted molar refractivity (Wildman–Crippen MR) is 74.5 cm³/mol. The lowest BCUT2D eigenvalue weighted by Crippen LogP contribution is -2.27. The second-order valence-corrected chi connectivity index (χ2v) is 4.46.